The summed E-state index contributed by atoms with van der Waals surface area (Å²) in [7, 11) is -1.52. The van der Waals surface area contributed by atoms with Crippen molar-refractivity contribution in [1.29, 1.82) is 0 Å². The maximum absolute atomic E-state index is 12.9. The number of hydrogen-bond acceptors (Lipinski definition) is 5. The monoisotopic (exact) mass is 435 g/mol. The Kier molecular flexibility index (Phi) is 6.78. The summed E-state index contributed by atoms with van der Waals surface area (Å²) in [4.78, 5) is 15.9. The van der Waals surface area contributed by atoms with Crippen LogP contribution in [-0.4, -0.2) is 45.4 Å². The highest BCUT2D eigenvalue weighted by Crippen LogP contribution is 2.24. The summed E-state index contributed by atoms with van der Waals surface area (Å²) in [5, 5.41) is 4.76. The number of carbonyl (C=O) groups is 1. The Morgan fingerprint density at radius 3 is 2.48 bits per heavy atom. The van der Waals surface area contributed by atoms with Crippen LogP contribution in [0.1, 0.15) is 40.6 Å². The zero-order valence-corrected chi connectivity index (χ0v) is 19.0. The second kappa shape index (κ2) is 8.95. The van der Waals surface area contributed by atoms with Gasteiger partial charge in [0.1, 0.15) is 0 Å². The third-order valence-electron chi connectivity index (χ3n) is 5.67. The first kappa shape index (κ1) is 22.0. The molecule has 1 amide bonds. The van der Waals surface area contributed by atoms with Crippen molar-refractivity contribution < 1.29 is 13.2 Å². The van der Waals surface area contributed by atoms with Crippen molar-refractivity contribution in [3.63, 3.8) is 0 Å². The minimum absolute atomic E-state index is 0.116. The van der Waals surface area contributed by atoms with Crippen molar-refractivity contribution in [1.82, 2.24) is 9.62 Å². The number of carbonyl (C=O) groups excluding carboxylic acids is 1. The molecule has 158 valence electrons. The Balaban J connectivity index is 1.69. The molecule has 1 aromatic heterocycles. The largest absolute Gasteiger partial charge is 0.322 e. The van der Waals surface area contributed by atoms with Crippen LogP contribution in [0.25, 0.3) is 0 Å². The molecule has 0 saturated carbocycles. The number of likely N-dealkylation sites (tertiary alicyclic amines) is 1. The normalized spacial score (nSPS) is 17.2. The van der Waals surface area contributed by atoms with E-state index in [4.69, 9.17) is 0 Å². The second-order valence-corrected chi connectivity index (χ2v) is 10.7. The van der Waals surface area contributed by atoms with E-state index in [0.717, 1.165) is 30.8 Å². The summed E-state index contributed by atoms with van der Waals surface area (Å²) in [6, 6.07) is 6.49. The van der Waals surface area contributed by atoms with Crippen molar-refractivity contribution in [3.05, 3.63) is 45.6 Å². The van der Waals surface area contributed by atoms with Crippen molar-refractivity contribution in [2.75, 3.05) is 25.5 Å². The zero-order valence-electron chi connectivity index (χ0n) is 17.4. The number of benzene rings is 1. The van der Waals surface area contributed by atoms with Crippen LogP contribution in [0.2, 0.25) is 0 Å². The van der Waals surface area contributed by atoms with Crippen LogP contribution in [0.5, 0.6) is 0 Å². The second-order valence-electron chi connectivity index (χ2n) is 7.87. The molecule has 2 N–H and O–H groups in total. The van der Waals surface area contributed by atoms with E-state index in [1.165, 1.54) is 11.3 Å². The van der Waals surface area contributed by atoms with E-state index in [-0.39, 0.29) is 16.8 Å². The highest BCUT2D eigenvalue weighted by molar-refractivity contribution is 7.89. The average Bonchev–Trinajstić information content (AvgIpc) is 3.09. The van der Waals surface area contributed by atoms with Gasteiger partial charge >= 0.3 is 0 Å². The zero-order chi connectivity index (χ0) is 21.2. The quantitative estimate of drug-likeness (QED) is 0.726. The number of hydrogen-bond donors (Lipinski definition) is 2. The minimum Gasteiger partial charge on any atom is -0.322 e. The molecule has 1 unspecified atom stereocenters. The summed E-state index contributed by atoms with van der Waals surface area (Å²) in [5.41, 5.74) is 1.96. The summed E-state index contributed by atoms with van der Waals surface area (Å²) >= 11 is 1.52. The van der Waals surface area contributed by atoms with Gasteiger partial charge in [0.2, 0.25) is 10.0 Å². The van der Waals surface area contributed by atoms with Gasteiger partial charge < -0.3 is 10.2 Å². The number of nitrogens with one attached hydrogen (secondary N) is 2. The Hall–Kier alpha value is -1.74. The van der Waals surface area contributed by atoms with Gasteiger partial charge in [-0.25, -0.2) is 13.1 Å². The van der Waals surface area contributed by atoms with E-state index >= 15 is 0 Å². The molecule has 29 heavy (non-hydrogen) atoms. The maximum atomic E-state index is 12.9. The van der Waals surface area contributed by atoms with Crippen LogP contribution in [0.15, 0.2) is 34.5 Å². The van der Waals surface area contributed by atoms with Gasteiger partial charge in [-0.1, -0.05) is 0 Å². The fourth-order valence-electron chi connectivity index (χ4n) is 3.69. The van der Waals surface area contributed by atoms with Gasteiger partial charge in [0.15, 0.2) is 0 Å². The van der Waals surface area contributed by atoms with Gasteiger partial charge in [0, 0.05) is 16.6 Å². The third kappa shape index (κ3) is 5.25. The molecule has 8 heteroatoms. The number of aryl methyl sites for hydroxylation is 2. The van der Waals surface area contributed by atoms with Crippen LogP contribution in [0.4, 0.5) is 5.69 Å². The molecule has 0 aliphatic carbocycles. The van der Waals surface area contributed by atoms with Gasteiger partial charge in [0.05, 0.1) is 10.5 Å². The van der Waals surface area contributed by atoms with E-state index < -0.39 is 10.0 Å². The van der Waals surface area contributed by atoms with Crippen LogP contribution in [-0.2, 0) is 10.0 Å². The molecular weight excluding hydrogens is 406 g/mol. The molecule has 1 saturated heterocycles. The standard InChI is InChI=1S/C21H29N3O3S2/c1-14-13-18(5-6-20(14)22-21(25)19-9-12-28-16(19)3)29(26,27)23-15(2)17-7-10-24(4)11-8-17/h5-6,9,12-13,15,17,23H,7-8,10-11H2,1-4H3,(H,22,25). The topological polar surface area (TPSA) is 78.5 Å². The molecule has 0 spiro atoms. The summed E-state index contributed by atoms with van der Waals surface area (Å²) in [6.45, 7) is 7.63. The predicted octanol–water partition coefficient (Wildman–Crippen LogP) is 3.63. The molecule has 1 aliphatic rings. The molecule has 2 heterocycles. The molecule has 3 rings (SSSR count). The van der Waals surface area contributed by atoms with Gasteiger partial charge in [-0.15, -0.1) is 11.3 Å². The lowest BCUT2D eigenvalue weighted by atomic mass is 9.91. The lowest BCUT2D eigenvalue weighted by Gasteiger charge is -2.32. The smallest absolute Gasteiger partial charge is 0.256 e. The van der Waals surface area contributed by atoms with Crippen molar-refractivity contribution in [2.45, 2.75) is 44.6 Å². The van der Waals surface area contributed by atoms with Crippen LogP contribution < -0.4 is 10.0 Å². The Morgan fingerprint density at radius 2 is 1.90 bits per heavy atom. The minimum atomic E-state index is -3.61. The van der Waals surface area contributed by atoms with Crippen molar-refractivity contribution in [2.24, 2.45) is 5.92 Å². The van der Waals surface area contributed by atoms with Crippen molar-refractivity contribution in [3.8, 4) is 0 Å². The van der Waals surface area contributed by atoms with E-state index in [1.54, 1.807) is 31.2 Å². The maximum Gasteiger partial charge on any atom is 0.256 e. The molecular formula is C21H29N3O3S2. The Labute approximate surface area is 177 Å². The fraction of sp³-hybridized carbons (Fsp3) is 0.476. The lowest BCUT2D eigenvalue weighted by Crippen LogP contribution is -2.42. The first-order valence-electron chi connectivity index (χ1n) is 9.84. The predicted molar refractivity (Wildman–Crippen MR) is 118 cm³/mol. The fourth-order valence-corrected chi connectivity index (χ4v) is 5.78. The molecule has 1 aliphatic heterocycles. The number of amides is 1. The van der Waals surface area contributed by atoms with Crippen LogP contribution in [0, 0.1) is 19.8 Å². The molecule has 1 atom stereocenters. The Bertz CT molecular complexity index is 977. The third-order valence-corrected chi connectivity index (χ3v) is 8.07. The number of sulfonamides is 1. The van der Waals surface area contributed by atoms with Crippen LogP contribution in [0.3, 0.4) is 0 Å². The highest BCUT2D eigenvalue weighted by Gasteiger charge is 2.26. The van der Waals surface area contributed by atoms with E-state index in [0.29, 0.717) is 22.7 Å². The summed E-state index contributed by atoms with van der Waals surface area (Å²) in [6.07, 6.45) is 1.98. The van der Waals surface area contributed by atoms with Gasteiger partial charge in [-0.2, -0.15) is 0 Å². The molecule has 0 bridgehead atoms. The number of piperidine rings is 1. The lowest BCUT2D eigenvalue weighted by molar-refractivity contribution is 0.102. The van der Waals surface area contributed by atoms with E-state index in [2.05, 4.69) is 22.0 Å². The molecule has 2 aromatic rings. The first-order valence-corrected chi connectivity index (χ1v) is 12.2. The number of thiophene rings is 1. The van der Waals surface area contributed by atoms with E-state index in [1.807, 2.05) is 19.2 Å². The molecule has 1 fully saturated rings. The van der Waals surface area contributed by atoms with Crippen molar-refractivity contribution >= 4 is 33.0 Å². The van der Waals surface area contributed by atoms with Gasteiger partial charge in [-0.3, -0.25) is 4.79 Å². The van der Waals surface area contributed by atoms with Gasteiger partial charge in [-0.05, 0) is 94.9 Å². The van der Waals surface area contributed by atoms with Gasteiger partial charge in [0.25, 0.3) is 5.91 Å². The SMILES string of the molecule is Cc1cc(S(=O)(=O)NC(C)C2CCN(C)CC2)ccc1NC(=O)c1ccsc1C. The highest BCUT2D eigenvalue weighted by atomic mass is 32.2. The Morgan fingerprint density at radius 1 is 1.21 bits per heavy atom. The average molecular weight is 436 g/mol. The first-order chi connectivity index (χ1) is 13.7. The molecule has 6 nitrogen and oxygen atoms in total. The number of rotatable bonds is 6. The summed E-state index contributed by atoms with van der Waals surface area (Å²) in [5.74, 6) is 0.158. The number of nitrogens with zero attached hydrogens (tertiary/aromatic N) is 1. The van der Waals surface area contributed by atoms with Crippen LogP contribution >= 0.6 is 11.3 Å². The number of anilines is 1. The summed E-state index contributed by atoms with van der Waals surface area (Å²) < 4.78 is 28.6. The van der Waals surface area contributed by atoms with E-state index in [9.17, 15) is 13.2 Å². The molecule has 1 aromatic carbocycles. The molecule has 0 radical (unpaired) electrons.